The quantitative estimate of drug-likeness (QED) is 0.871. The van der Waals surface area contributed by atoms with Crippen LogP contribution in [0, 0.1) is 0 Å². The van der Waals surface area contributed by atoms with Crippen molar-refractivity contribution in [2.75, 3.05) is 0 Å². The van der Waals surface area contributed by atoms with E-state index in [9.17, 15) is 15.0 Å². The van der Waals surface area contributed by atoms with E-state index in [1.165, 1.54) is 18.6 Å². The van der Waals surface area contributed by atoms with Crippen molar-refractivity contribution in [3.05, 3.63) is 29.5 Å². The van der Waals surface area contributed by atoms with Crippen molar-refractivity contribution in [1.82, 2.24) is 9.71 Å². The lowest BCUT2D eigenvalue weighted by Crippen LogP contribution is -2.19. The van der Waals surface area contributed by atoms with E-state index in [-0.39, 0.29) is 23.4 Å². The summed E-state index contributed by atoms with van der Waals surface area (Å²) in [5, 5.41) is 19.2. The highest BCUT2D eigenvalue weighted by Gasteiger charge is 2.27. The first-order valence-corrected chi connectivity index (χ1v) is 8.42. The predicted molar refractivity (Wildman–Crippen MR) is 85.0 cm³/mol. The fourth-order valence-corrected chi connectivity index (χ4v) is 3.08. The molecule has 0 saturated heterocycles. The zero-order chi connectivity index (χ0) is 17.1. The number of hydrogen-bond acceptors (Lipinski definition) is 6. The van der Waals surface area contributed by atoms with Crippen LogP contribution in [0.4, 0.5) is 0 Å². The van der Waals surface area contributed by atoms with Crippen LogP contribution in [-0.4, -0.2) is 25.9 Å². The summed E-state index contributed by atoms with van der Waals surface area (Å²) in [6.07, 6.45) is 6.95. The van der Waals surface area contributed by atoms with Gasteiger partial charge in [0.25, 0.3) is 0 Å². The Morgan fingerprint density at radius 1 is 1.29 bits per heavy atom. The van der Waals surface area contributed by atoms with Crippen LogP contribution < -0.4 is 4.84 Å². The van der Waals surface area contributed by atoms with E-state index in [0.717, 1.165) is 32.1 Å². The van der Waals surface area contributed by atoms with Crippen molar-refractivity contribution in [2.24, 2.45) is 0 Å². The van der Waals surface area contributed by atoms with Crippen LogP contribution in [-0.2, 0) is 6.42 Å². The Kier molecular flexibility index (Phi) is 4.78. The molecule has 1 saturated carbocycles. The molecule has 0 aromatic carbocycles. The molecule has 2 N–H and O–H groups in total. The van der Waals surface area contributed by atoms with Crippen molar-refractivity contribution in [1.29, 1.82) is 0 Å². The van der Waals surface area contributed by atoms with E-state index < -0.39 is 5.97 Å². The molecule has 1 fully saturated rings. The SMILES string of the molecule is CCCc1nc(C2CCCCC2)oc1C(=O)On1c(O)ccc1O. The van der Waals surface area contributed by atoms with Crippen LogP contribution in [0.3, 0.4) is 0 Å². The molecule has 7 heteroatoms. The predicted octanol–water partition coefficient (Wildman–Crippen LogP) is 3.16. The highest BCUT2D eigenvalue weighted by molar-refractivity contribution is 5.87. The molecule has 0 atom stereocenters. The third kappa shape index (κ3) is 3.25. The monoisotopic (exact) mass is 334 g/mol. The summed E-state index contributed by atoms with van der Waals surface area (Å²) in [6, 6.07) is 2.45. The van der Waals surface area contributed by atoms with Crippen LogP contribution in [0.25, 0.3) is 0 Å². The van der Waals surface area contributed by atoms with E-state index >= 15 is 0 Å². The summed E-state index contributed by atoms with van der Waals surface area (Å²) < 4.78 is 6.39. The van der Waals surface area contributed by atoms with E-state index in [1.807, 2.05) is 6.92 Å². The number of rotatable bonds is 5. The normalized spacial score (nSPS) is 15.5. The van der Waals surface area contributed by atoms with Gasteiger partial charge >= 0.3 is 5.97 Å². The molecule has 2 aromatic rings. The maximum atomic E-state index is 12.4. The number of aryl methyl sites for hydroxylation is 1. The summed E-state index contributed by atoms with van der Waals surface area (Å²) in [4.78, 5) is 22.0. The average Bonchev–Trinajstić information content (AvgIpc) is 3.15. The van der Waals surface area contributed by atoms with Gasteiger partial charge in [0.1, 0.15) is 0 Å². The number of aromatic hydroxyl groups is 2. The molecule has 1 aliphatic rings. The lowest BCUT2D eigenvalue weighted by atomic mass is 9.89. The maximum Gasteiger partial charge on any atom is 0.401 e. The number of aromatic nitrogens is 2. The molecule has 0 spiro atoms. The van der Waals surface area contributed by atoms with Gasteiger partial charge in [-0.2, -0.15) is 0 Å². The molecule has 3 rings (SSSR count). The lowest BCUT2D eigenvalue weighted by molar-refractivity contribution is 0.0342. The zero-order valence-corrected chi connectivity index (χ0v) is 13.7. The molecule has 1 aliphatic carbocycles. The lowest BCUT2D eigenvalue weighted by Gasteiger charge is -2.17. The van der Waals surface area contributed by atoms with Crippen LogP contribution >= 0.6 is 0 Å². The molecular formula is C17H22N2O5. The highest BCUT2D eigenvalue weighted by atomic mass is 16.7. The van der Waals surface area contributed by atoms with Crippen molar-refractivity contribution in [3.8, 4) is 11.8 Å². The van der Waals surface area contributed by atoms with E-state index in [2.05, 4.69) is 4.98 Å². The topological polar surface area (TPSA) is 97.7 Å². The fraction of sp³-hybridized carbons (Fsp3) is 0.529. The molecule has 0 unspecified atom stereocenters. The van der Waals surface area contributed by atoms with Crippen molar-refractivity contribution in [3.63, 3.8) is 0 Å². The molecule has 7 nitrogen and oxygen atoms in total. The molecule has 0 radical (unpaired) electrons. The molecule has 24 heavy (non-hydrogen) atoms. The van der Waals surface area contributed by atoms with Gasteiger partial charge in [0.05, 0.1) is 5.69 Å². The van der Waals surface area contributed by atoms with Gasteiger partial charge in [-0.15, -0.1) is 4.73 Å². The van der Waals surface area contributed by atoms with Crippen LogP contribution in [0.2, 0.25) is 0 Å². The van der Waals surface area contributed by atoms with Crippen molar-refractivity contribution in [2.45, 2.75) is 57.8 Å². The summed E-state index contributed by atoms with van der Waals surface area (Å²) in [7, 11) is 0. The van der Waals surface area contributed by atoms with E-state index in [1.54, 1.807) is 0 Å². The smallest absolute Gasteiger partial charge is 0.401 e. The minimum absolute atomic E-state index is 0.0462. The number of oxazole rings is 1. The number of hydrogen-bond donors (Lipinski definition) is 2. The Morgan fingerprint density at radius 3 is 2.58 bits per heavy atom. The van der Waals surface area contributed by atoms with Gasteiger partial charge in [-0.3, -0.25) is 0 Å². The van der Waals surface area contributed by atoms with Gasteiger partial charge in [0, 0.05) is 18.1 Å². The number of carbonyl (C=O) groups excluding carboxylic acids is 1. The van der Waals surface area contributed by atoms with Gasteiger partial charge in [-0.25, -0.2) is 9.78 Å². The molecule has 0 aliphatic heterocycles. The summed E-state index contributed by atoms with van der Waals surface area (Å²) in [6.45, 7) is 1.99. The number of carbonyl (C=O) groups is 1. The van der Waals surface area contributed by atoms with Crippen LogP contribution in [0.1, 0.15) is 73.5 Å². The molecular weight excluding hydrogens is 312 g/mol. The Labute approximate surface area is 139 Å². The van der Waals surface area contributed by atoms with Crippen LogP contribution in [0.5, 0.6) is 11.8 Å². The average molecular weight is 334 g/mol. The molecule has 130 valence electrons. The van der Waals surface area contributed by atoms with Gasteiger partial charge in [-0.05, 0) is 19.3 Å². The largest absolute Gasteiger partial charge is 0.492 e. The highest BCUT2D eigenvalue weighted by Crippen LogP contribution is 2.33. The van der Waals surface area contributed by atoms with E-state index in [4.69, 9.17) is 9.25 Å². The van der Waals surface area contributed by atoms with Gasteiger partial charge in [-0.1, -0.05) is 32.6 Å². The Bertz CT molecular complexity index is 693. The Balaban J connectivity index is 1.85. The second-order valence-electron chi connectivity index (χ2n) is 6.14. The second kappa shape index (κ2) is 6.98. The maximum absolute atomic E-state index is 12.4. The first-order valence-electron chi connectivity index (χ1n) is 8.42. The molecule has 0 bridgehead atoms. The molecule has 2 aromatic heterocycles. The molecule has 2 heterocycles. The minimum atomic E-state index is -0.783. The zero-order valence-electron chi connectivity index (χ0n) is 13.7. The Hall–Kier alpha value is -2.44. The first-order chi connectivity index (χ1) is 11.6. The minimum Gasteiger partial charge on any atom is -0.492 e. The standard InChI is InChI=1S/C17H22N2O5/c1-2-6-12-15(17(22)24-19-13(20)9-10-14(19)21)23-16(18-12)11-7-4-3-5-8-11/h9-11,20-21H,2-8H2,1H3. The fourth-order valence-electron chi connectivity index (χ4n) is 3.08. The van der Waals surface area contributed by atoms with Crippen molar-refractivity contribution >= 4 is 5.97 Å². The second-order valence-corrected chi connectivity index (χ2v) is 6.14. The van der Waals surface area contributed by atoms with Gasteiger partial charge < -0.3 is 19.5 Å². The summed E-state index contributed by atoms with van der Waals surface area (Å²) in [5.41, 5.74) is 0.564. The van der Waals surface area contributed by atoms with E-state index in [0.29, 0.717) is 22.7 Å². The first kappa shape index (κ1) is 16.4. The number of nitrogens with zero attached hydrogens (tertiary/aromatic N) is 2. The Morgan fingerprint density at radius 2 is 1.96 bits per heavy atom. The summed E-state index contributed by atoms with van der Waals surface area (Å²) >= 11 is 0. The van der Waals surface area contributed by atoms with Crippen LogP contribution in [0.15, 0.2) is 16.5 Å². The van der Waals surface area contributed by atoms with Crippen molar-refractivity contribution < 1.29 is 24.3 Å². The third-order valence-electron chi connectivity index (χ3n) is 4.31. The third-order valence-corrected chi connectivity index (χ3v) is 4.31. The van der Waals surface area contributed by atoms with Gasteiger partial charge in [0.15, 0.2) is 5.89 Å². The molecule has 0 amide bonds. The summed E-state index contributed by atoms with van der Waals surface area (Å²) in [5.74, 6) is -0.648. The van der Waals surface area contributed by atoms with Gasteiger partial charge in [0.2, 0.25) is 17.5 Å².